The lowest BCUT2D eigenvalue weighted by Crippen LogP contribution is -2.41. The van der Waals surface area contributed by atoms with Gasteiger partial charge in [-0.25, -0.2) is 0 Å². The molecule has 0 aromatic heterocycles. The van der Waals surface area contributed by atoms with Crippen molar-refractivity contribution in [1.29, 1.82) is 0 Å². The van der Waals surface area contributed by atoms with E-state index in [9.17, 15) is 9.90 Å². The van der Waals surface area contributed by atoms with E-state index in [1.807, 2.05) is 17.8 Å². The number of benzene rings is 2. The van der Waals surface area contributed by atoms with Crippen LogP contribution in [-0.2, 0) is 16.1 Å². The second-order valence-corrected chi connectivity index (χ2v) is 9.41. The highest BCUT2D eigenvalue weighted by Crippen LogP contribution is 2.69. The third-order valence-corrected chi connectivity index (χ3v) is 8.45. The first-order chi connectivity index (χ1) is 13.1. The van der Waals surface area contributed by atoms with Crippen LogP contribution in [0.15, 0.2) is 47.4 Å². The zero-order valence-corrected chi connectivity index (χ0v) is 18.1. The Balaban J connectivity index is 0.00000192. The lowest BCUT2D eigenvalue weighted by Gasteiger charge is -2.29. The van der Waals surface area contributed by atoms with Crippen molar-refractivity contribution in [1.82, 2.24) is 0 Å². The van der Waals surface area contributed by atoms with Gasteiger partial charge >= 0.3 is 5.97 Å². The van der Waals surface area contributed by atoms with Gasteiger partial charge in [-0.1, -0.05) is 35.9 Å². The van der Waals surface area contributed by atoms with Crippen LogP contribution < -0.4 is 0 Å². The summed E-state index contributed by atoms with van der Waals surface area (Å²) in [5.41, 5.74) is 3.61. The molecular weight excluding hydrogens is 413 g/mol. The van der Waals surface area contributed by atoms with Gasteiger partial charge in [-0.15, -0.1) is 24.2 Å². The number of rotatable bonds is 2. The minimum Gasteiger partial charge on any atom is -0.481 e. The van der Waals surface area contributed by atoms with Crippen molar-refractivity contribution in [2.24, 2.45) is 5.92 Å². The first kappa shape index (κ1) is 20.1. The number of fused-ring (bicyclic) bond motifs is 7. The molecule has 6 heteroatoms. The molecule has 2 aromatic carbocycles. The van der Waals surface area contributed by atoms with E-state index in [1.54, 1.807) is 0 Å². The van der Waals surface area contributed by atoms with Gasteiger partial charge in [0.2, 0.25) is 5.54 Å². The molecule has 3 heterocycles. The number of aliphatic carboxylic acids is 1. The number of likely N-dealkylation sites (N-methyl/N-ethyl adjacent to an activating group) is 1. The van der Waals surface area contributed by atoms with E-state index in [2.05, 4.69) is 43.3 Å². The summed E-state index contributed by atoms with van der Waals surface area (Å²) in [7, 11) is 0. The van der Waals surface area contributed by atoms with Gasteiger partial charge < -0.3 is 5.11 Å². The van der Waals surface area contributed by atoms with Crippen LogP contribution in [0.2, 0.25) is 5.02 Å². The predicted molar refractivity (Wildman–Crippen MR) is 115 cm³/mol. The van der Waals surface area contributed by atoms with E-state index in [4.69, 9.17) is 11.6 Å². The number of piperidine rings is 1. The summed E-state index contributed by atoms with van der Waals surface area (Å²) < 4.78 is 0.856. The highest BCUT2D eigenvalue weighted by molar-refractivity contribution is 7.98. The summed E-state index contributed by atoms with van der Waals surface area (Å²) in [6, 6.07) is 14.9. The number of hydrogen-bond donors (Lipinski definition) is 1. The maximum Gasteiger partial charge on any atom is 0.312 e. The average Bonchev–Trinajstić information content (AvgIpc) is 3.34. The van der Waals surface area contributed by atoms with E-state index in [-0.39, 0.29) is 29.9 Å². The molecule has 2 saturated heterocycles. The number of hydrogen-bond acceptors (Lipinski definition) is 2. The van der Waals surface area contributed by atoms with E-state index in [1.165, 1.54) is 21.6 Å². The molecule has 1 spiro atoms. The Bertz CT molecular complexity index is 952. The van der Waals surface area contributed by atoms with E-state index >= 15 is 0 Å². The highest BCUT2D eigenvalue weighted by atomic mass is 35.5. The lowest BCUT2D eigenvalue weighted by molar-refractivity contribution is -0.846. The SMILES string of the molecule is CC[N+]12CCCC(C(=O)O)C1[C@]21c2ccccc2CSc2ccc(Cl)cc21.Cl. The molecule has 0 radical (unpaired) electrons. The molecule has 0 aliphatic carbocycles. The third kappa shape index (κ3) is 2.38. The molecule has 28 heavy (non-hydrogen) atoms. The summed E-state index contributed by atoms with van der Waals surface area (Å²) in [6.07, 6.45) is 1.74. The zero-order valence-electron chi connectivity index (χ0n) is 15.7. The normalized spacial score (nSPS) is 32.4. The number of quaternary nitrogens is 1. The van der Waals surface area contributed by atoms with Crippen molar-refractivity contribution in [3.8, 4) is 0 Å². The Morgan fingerprint density at radius 2 is 2.07 bits per heavy atom. The van der Waals surface area contributed by atoms with Gasteiger partial charge in [-0.3, -0.25) is 9.28 Å². The molecule has 2 fully saturated rings. The van der Waals surface area contributed by atoms with Crippen molar-refractivity contribution in [2.45, 2.75) is 42.0 Å². The number of halogens is 2. The van der Waals surface area contributed by atoms with Crippen LogP contribution in [0.25, 0.3) is 0 Å². The molecule has 0 bridgehead atoms. The average molecular weight is 437 g/mol. The molecule has 5 rings (SSSR count). The second-order valence-electron chi connectivity index (χ2n) is 7.96. The minimum absolute atomic E-state index is 0. The molecule has 0 saturated carbocycles. The van der Waals surface area contributed by atoms with Crippen LogP contribution in [0.5, 0.6) is 0 Å². The summed E-state index contributed by atoms with van der Waals surface area (Å²) >= 11 is 8.32. The maximum atomic E-state index is 12.2. The zero-order chi connectivity index (χ0) is 18.8. The Labute approximate surface area is 181 Å². The molecule has 3 unspecified atom stereocenters. The van der Waals surface area contributed by atoms with Crippen molar-refractivity contribution >= 4 is 41.7 Å². The van der Waals surface area contributed by atoms with Crippen LogP contribution in [0.1, 0.15) is 36.5 Å². The first-order valence-corrected chi connectivity index (χ1v) is 11.0. The highest BCUT2D eigenvalue weighted by Gasteiger charge is 2.84. The smallest absolute Gasteiger partial charge is 0.312 e. The van der Waals surface area contributed by atoms with Gasteiger partial charge in [0.1, 0.15) is 5.92 Å². The van der Waals surface area contributed by atoms with E-state index in [0.29, 0.717) is 0 Å². The fourth-order valence-electron chi connectivity index (χ4n) is 6.16. The van der Waals surface area contributed by atoms with Gasteiger partial charge in [0.15, 0.2) is 6.04 Å². The quantitative estimate of drug-likeness (QED) is 0.510. The molecule has 3 aliphatic rings. The minimum atomic E-state index is -0.648. The van der Waals surface area contributed by atoms with Crippen LogP contribution in [0.3, 0.4) is 0 Å². The van der Waals surface area contributed by atoms with Crippen molar-refractivity contribution in [3.63, 3.8) is 0 Å². The van der Waals surface area contributed by atoms with Gasteiger partial charge in [-0.05, 0) is 43.5 Å². The molecule has 4 atom stereocenters. The summed E-state index contributed by atoms with van der Waals surface area (Å²) in [6.45, 7) is 4.20. The number of thioether (sulfide) groups is 1. The Morgan fingerprint density at radius 1 is 1.29 bits per heavy atom. The van der Waals surface area contributed by atoms with Crippen molar-refractivity contribution in [3.05, 3.63) is 64.2 Å². The summed E-state index contributed by atoms with van der Waals surface area (Å²) in [5.74, 6) is -0.0343. The molecule has 1 N–H and O–H groups in total. The fourth-order valence-corrected chi connectivity index (χ4v) is 7.43. The van der Waals surface area contributed by atoms with Crippen LogP contribution >= 0.6 is 35.8 Å². The first-order valence-electron chi connectivity index (χ1n) is 9.67. The fraction of sp³-hybridized carbons (Fsp3) is 0.409. The second kappa shape index (κ2) is 6.94. The lowest BCUT2D eigenvalue weighted by atomic mass is 9.80. The predicted octanol–water partition coefficient (Wildman–Crippen LogP) is 5.32. The van der Waals surface area contributed by atoms with Crippen molar-refractivity contribution in [2.75, 3.05) is 13.1 Å². The standard InChI is InChI=1S/C22H22ClNO2S.ClH/c1-2-24-11-5-7-16(21(25)26)20(24)22(24)17-8-4-3-6-14(17)13-27-19-10-9-15(23)12-18(19)22;/h3-4,6,8-10,12,16,20H,2,5,7,11,13H2,1H3;1H/p+1/t16?,20?,22-,24?;/m1./s1. The Hall–Kier alpha value is -1.20. The van der Waals surface area contributed by atoms with Gasteiger partial charge in [0, 0.05) is 26.8 Å². The maximum absolute atomic E-state index is 12.2. The number of carbonyl (C=O) groups is 1. The number of carboxylic acids is 1. The molecule has 3 aliphatic heterocycles. The van der Waals surface area contributed by atoms with Crippen LogP contribution in [0, 0.1) is 5.92 Å². The van der Waals surface area contributed by atoms with Crippen LogP contribution in [-0.4, -0.2) is 34.7 Å². The summed E-state index contributed by atoms with van der Waals surface area (Å²) in [5, 5.41) is 10.8. The third-order valence-electron chi connectivity index (χ3n) is 7.09. The largest absolute Gasteiger partial charge is 0.481 e. The molecular formula is C22H24Cl2NO2S+. The number of nitrogens with zero attached hydrogens (tertiary/aromatic N) is 1. The monoisotopic (exact) mass is 436 g/mol. The molecule has 0 amide bonds. The van der Waals surface area contributed by atoms with Crippen molar-refractivity contribution < 1.29 is 14.4 Å². The number of carboxylic acid groups (broad SMARTS) is 1. The van der Waals surface area contributed by atoms with Gasteiger partial charge in [0.25, 0.3) is 0 Å². The van der Waals surface area contributed by atoms with E-state index in [0.717, 1.165) is 41.2 Å². The molecule has 3 nitrogen and oxygen atoms in total. The molecule has 2 aromatic rings. The van der Waals surface area contributed by atoms with Gasteiger partial charge in [-0.2, -0.15) is 0 Å². The Morgan fingerprint density at radius 3 is 2.82 bits per heavy atom. The van der Waals surface area contributed by atoms with Crippen LogP contribution in [0.4, 0.5) is 0 Å². The molecule has 148 valence electrons. The topological polar surface area (TPSA) is 37.3 Å². The van der Waals surface area contributed by atoms with Gasteiger partial charge in [0.05, 0.1) is 13.1 Å². The van der Waals surface area contributed by atoms with E-state index < -0.39 is 5.97 Å². The Kier molecular flexibility index (Phi) is 4.98. The summed E-state index contributed by atoms with van der Waals surface area (Å²) in [4.78, 5) is 13.5.